The van der Waals surface area contributed by atoms with Gasteiger partial charge in [0.15, 0.2) is 0 Å². The first kappa shape index (κ1) is 13.2. The maximum absolute atomic E-state index is 13.6. The average molecular weight is 263 g/mol. The summed E-state index contributed by atoms with van der Waals surface area (Å²) >= 11 is 0. The summed E-state index contributed by atoms with van der Waals surface area (Å²) in [5, 5.41) is 13.7. The number of carbonyl (C=O) groups is 1. The summed E-state index contributed by atoms with van der Waals surface area (Å²) in [6.07, 6.45) is 0.685. The Kier molecular flexibility index (Phi) is 3.35. The lowest BCUT2D eigenvalue weighted by molar-refractivity contribution is 0.0995. The number of benzene rings is 1. The number of aliphatic hydroxyl groups excluding tert-OH is 1. The normalized spacial score (nSPS) is 12.4. The molecule has 0 spiro atoms. The van der Waals surface area contributed by atoms with Crippen LogP contribution >= 0.6 is 0 Å². The van der Waals surface area contributed by atoms with Gasteiger partial charge in [0.05, 0.1) is 11.8 Å². The number of nitrogens with zero attached hydrogens (tertiary/aromatic N) is 2. The van der Waals surface area contributed by atoms with E-state index in [-0.39, 0.29) is 5.69 Å². The van der Waals surface area contributed by atoms with Gasteiger partial charge in [0.2, 0.25) is 0 Å². The van der Waals surface area contributed by atoms with Crippen LogP contribution in [0.5, 0.6) is 0 Å². The Morgan fingerprint density at radius 1 is 1.53 bits per heavy atom. The van der Waals surface area contributed by atoms with Crippen molar-refractivity contribution in [1.82, 2.24) is 9.78 Å². The van der Waals surface area contributed by atoms with Gasteiger partial charge in [-0.15, -0.1) is 0 Å². The molecule has 0 aliphatic heterocycles. The maximum Gasteiger partial charge on any atom is 0.269 e. The monoisotopic (exact) mass is 263 g/mol. The molecule has 0 saturated carbocycles. The van der Waals surface area contributed by atoms with E-state index in [1.54, 1.807) is 19.2 Å². The minimum Gasteiger partial charge on any atom is -0.389 e. The number of aromatic nitrogens is 2. The molecule has 0 bridgehead atoms. The second kappa shape index (κ2) is 4.81. The number of aliphatic hydroxyl groups is 1. The second-order valence-corrected chi connectivity index (χ2v) is 4.35. The number of hydrogen-bond acceptors (Lipinski definition) is 3. The van der Waals surface area contributed by atoms with Crippen LogP contribution in [-0.2, 0) is 0 Å². The molecule has 1 atom stereocenters. The lowest BCUT2D eigenvalue weighted by Crippen LogP contribution is -2.13. The molecule has 100 valence electrons. The van der Waals surface area contributed by atoms with Gasteiger partial charge in [-0.05, 0) is 37.6 Å². The van der Waals surface area contributed by atoms with Crippen molar-refractivity contribution in [3.63, 3.8) is 0 Å². The van der Waals surface area contributed by atoms with E-state index in [2.05, 4.69) is 5.10 Å². The van der Waals surface area contributed by atoms with Crippen LogP contribution in [0.1, 0.15) is 34.6 Å². The molecule has 0 radical (unpaired) electrons. The van der Waals surface area contributed by atoms with Crippen molar-refractivity contribution in [3.05, 3.63) is 47.0 Å². The molecule has 1 amide bonds. The number of primary amides is 1. The third kappa shape index (κ3) is 2.48. The molecule has 1 aromatic heterocycles. The van der Waals surface area contributed by atoms with Crippen LogP contribution < -0.4 is 5.73 Å². The van der Waals surface area contributed by atoms with Crippen molar-refractivity contribution < 1.29 is 14.3 Å². The first-order chi connectivity index (χ1) is 8.90. The Morgan fingerprint density at radius 2 is 2.21 bits per heavy atom. The van der Waals surface area contributed by atoms with Crippen molar-refractivity contribution in [3.8, 4) is 5.69 Å². The molecule has 0 aliphatic rings. The van der Waals surface area contributed by atoms with Crippen molar-refractivity contribution in [2.45, 2.75) is 20.0 Å². The third-order valence-corrected chi connectivity index (χ3v) is 2.85. The van der Waals surface area contributed by atoms with Gasteiger partial charge in [-0.1, -0.05) is 0 Å². The van der Waals surface area contributed by atoms with E-state index in [0.29, 0.717) is 16.8 Å². The Morgan fingerprint density at radius 3 is 2.74 bits per heavy atom. The quantitative estimate of drug-likeness (QED) is 0.879. The van der Waals surface area contributed by atoms with Gasteiger partial charge < -0.3 is 10.8 Å². The Bertz CT molecular complexity index is 635. The van der Waals surface area contributed by atoms with E-state index in [4.69, 9.17) is 5.73 Å². The lowest BCUT2D eigenvalue weighted by atomic mass is 10.1. The van der Waals surface area contributed by atoms with Crippen LogP contribution in [-0.4, -0.2) is 20.8 Å². The standard InChI is InChI=1S/C13H14FN3O2/c1-7-5-12(9(8(2)18)6-10(7)14)17-4-3-11(16-17)13(15)19/h3-6,8,18H,1-2H3,(H2,15,19). The van der Waals surface area contributed by atoms with Gasteiger partial charge in [0.25, 0.3) is 5.91 Å². The van der Waals surface area contributed by atoms with E-state index in [1.807, 2.05) is 0 Å². The highest BCUT2D eigenvalue weighted by molar-refractivity contribution is 5.90. The molecular formula is C13H14FN3O2. The lowest BCUT2D eigenvalue weighted by Gasteiger charge is -2.13. The van der Waals surface area contributed by atoms with E-state index >= 15 is 0 Å². The number of rotatable bonds is 3. The number of carbonyl (C=O) groups excluding carboxylic acids is 1. The summed E-state index contributed by atoms with van der Waals surface area (Å²) < 4.78 is 15.0. The SMILES string of the molecule is Cc1cc(-n2ccc(C(N)=O)n2)c(C(C)O)cc1F. The number of hydrogen-bond donors (Lipinski definition) is 2. The molecule has 2 aromatic rings. The largest absolute Gasteiger partial charge is 0.389 e. The molecule has 0 aliphatic carbocycles. The van der Waals surface area contributed by atoms with Crippen LogP contribution in [0.2, 0.25) is 0 Å². The Hall–Kier alpha value is -2.21. The molecule has 5 nitrogen and oxygen atoms in total. The van der Waals surface area contributed by atoms with Gasteiger partial charge in [-0.25, -0.2) is 9.07 Å². The zero-order chi connectivity index (χ0) is 14.2. The third-order valence-electron chi connectivity index (χ3n) is 2.85. The second-order valence-electron chi connectivity index (χ2n) is 4.35. The fraction of sp³-hybridized carbons (Fsp3) is 0.231. The highest BCUT2D eigenvalue weighted by Crippen LogP contribution is 2.24. The molecule has 1 unspecified atom stereocenters. The number of halogens is 1. The smallest absolute Gasteiger partial charge is 0.269 e. The summed E-state index contributed by atoms with van der Waals surface area (Å²) in [5.74, 6) is -1.04. The van der Waals surface area contributed by atoms with Gasteiger partial charge in [-0.2, -0.15) is 5.10 Å². The predicted molar refractivity (Wildman–Crippen MR) is 67.4 cm³/mol. The van der Waals surface area contributed by atoms with Crippen molar-refractivity contribution >= 4 is 5.91 Å². The van der Waals surface area contributed by atoms with E-state index in [9.17, 15) is 14.3 Å². The summed E-state index contributed by atoms with van der Waals surface area (Å²) in [6, 6.07) is 4.29. The number of nitrogens with two attached hydrogens (primary N) is 1. The zero-order valence-corrected chi connectivity index (χ0v) is 10.6. The van der Waals surface area contributed by atoms with Crippen LogP contribution in [0.4, 0.5) is 4.39 Å². The summed E-state index contributed by atoms with van der Waals surface area (Å²) in [5.41, 5.74) is 6.58. The highest BCUT2D eigenvalue weighted by atomic mass is 19.1. The van der Waals surface area contributed by atoms with Crippen LogP contribution in [0.3, 0.4) is 0 Å². The summed E-state index contributed by atoms with van der Waals surface area (Å²) in [6.45, 7) is 3.15. The molecule has 0 fully saturated rings. The zero-order valence-electron chi connectivity index (χ0n) is 10.6. The van der Waals surface area contributed by atoms with Crippen LogP contribution in [0.15, 0.2) is 24.4 Å². The molecular weight excluding hydrogens is 249 g/mol. The minimum absolute atomic E-state index is 0.110. The number of amides is 1. The van der Waals surface area contributed by atoms with E-state index < -0.39 is 17.8 Å². The molecule has 3 N–H and O–H groups in total. The molecule has 1 aromatic carbocycles. The fourth-order valence-corrected chi connectivity index (χ4v) is 1.80. The average Bonchev–Trinajstić information content (AvgIpc) is 2.81. The predicted octanol–water partition coefficient (Wildman–Crippen LogP) is 1.47. The number of aryl methyl sites for hydroxylation is 1. The molecule has 2 rings (SSSR count). The Balaban J connectivity index is 2.59. The van der Waals surface area contributed by atoms with Crippen LogP contribution in [0, 0.1) is 12.7 Å². The van der Waals surface area contributed by atoms with Crippen molar-refractivity contribution in [2.75, 3.05) is 0 Å². The molecule has 6 heteroatoms. The first-order valence-corrected chi connectivity index (χ1v) is 5.74. The minimum atomic E-state index is -0.855. The van der Waals surface area contributed by atoms with Crippen molar-refractivity contribution in [2.24, 2.45) is 5.73 Å². The summed E-state index contributed by atoms with van der Waals surface area (Å²) in [7, 11) is 0. The summed E-state index contributed by atoms with van der Waals surface area (Å²) in [4.78, 5) is 11.0. The van der Waals surface area contributed by atoms with Gasteiger partial charge in [-0.3, -0.25) is 4.79 Å². The fourth-order valence-electron chi connectivity index (χ4n) is 1.80. The van der Waals surface area contributed by atoms with Gasteiger partial charge >= 0.3 is 0 Å². The van der Waals surface area contributed by atoms with Gasteiger partial charge in [0, 0.05) is 11.8 Å². The highest BCUT2D eigenvalue weighted by Gasteiger charge is 2.15. The molecule has 1 heterocycles. The Labute approximate surface area is 109 Å². The molecule has 19 heavy (non-hydrogen) atoms. The van der Waals surface area contributed by atoms with E-state index in [1.165, 1.54) is 23.7 Å². The first-order valence-electron chi connectivity index (χ1n) is 5.74. The topological polar surface area (TPSA) is 81.1 Å². The van der Waals surface area contributed by atoms with Crippen LogP contribution in [0.25, 0.3) is 5.69 Å². The molecule has 0 saturated heterocycles. The maximum atomic E-state index is 13.6. The van der Waals surface area contributed by atoms with Gasteiger partial charge in [0.1, 0.15) is 11.5 Å². The van der Waals surface area contributed by atoms with Crippen molar-refractivity contribution in [1.29, 1.82) is 0 Å². The van der Waals surface area contributed by atoms with E-state index in [0.717, 1.165) is 0 Å².